The van der Waals surface area contributed by atoms with E-state index in [9.17, 15) is 0 Å². The molecule has 2 rings (SSSR count). The van der Waals surface area contributed by atoms with E-state index >= 15 is 0 Å². The molecule has 0 fully saturated rings. The van der Waals surface area contributed by atoms with Crippen molar-refractivity contribution in [2.75, 3.05) is 0 Å². The lowest BCUT2D eigenvalue weighted by Gasteiger charge is -2.11. The van der Waals surface area contributed by atoms with Crippen molar-refractivity contribution >= 4 is 14.7 Å². The molecule has 0 saturated carbocycles. The van der Waals surface area contributed by atoms with E-state index in [0.29, 0.717) is 0 Å². The Kier molecular flexibility index (Phi) is 2.99. The third-order valence-electron chi connectivity index (χ3n) is 2.84. The molecule has 0 aromatic heterocycles. The average Bonchev–Trinajstić information content (AvgIpc) is 2.67. The molecule has 0 radical (unpaired) electrons. The predicted octanol–water partition coefficient (Wildman–Crippen LogP) is 2.18. The quantitative estimate of drug-likeness (QED) is 0.656. The molecule has 1 atom stereocenters. The van der Waals surface area contributed by atoms with Crippen LogP contribution >= 0.6 is 0 Å². The van der Waals surface area contributed by atoms with Gasteiger partial charge in [-0.05, 0) is 12.0 Å². The maximum absolute atomic E-state index is 2.37. The molecule has 0 amide bonds. The molecule has 0 nitrogen and oxygen atoms in total. The first-order valence-corrected chi connectivity index (χ1v) is 6.83. The summed E-state index contributed by atoms with van der Waals surface area (Å²) in [5.41, 5.74) is 2.41. The van der Waals surface area contributed by atoms with Gasteiger partial charge in [0.15, 0.2) is 0 Å². The number of benzene rings is 1. The highest BCUT2D eigenvalue weighted by Crippen LogP contribution is 2.26. The normalized spacial score (nSPS) is 20.6. The summed E-state index contributed by atoms with van der Waals surface area (Å²) in [7, 11) is -0.148. The van der Waals surface area contributed by atoms with Gasteiger partial charge in [-0.25, -0.2) is 0 Å². The molecule has 1 aromatic rings. The molecule has 0 bridgehead atoms. The second-order valence-electron chi connectivity index (χ2n) is 3.78. The molecule has 0 spiro atoms. The Labute approximate surface area is 88.2 Å². The first-order valence-electron chi connectivity index (χ1n) is 5.31. The lowest BCUT2D eigenvalue weighted by Crippen LogP contribution is -2.18. The van der Waals surface area contributed by atoms with Crippen LogP contribution in [0.4, 0.5) is 0 Å². The molecule has 72 valence electrons. The summed E-state index contributed by atoms with van der Waals surface area (Å²) < 4.78 is 0. The monoisotopic (exact) mass is 200 g/mol. The van der Waals surface area contributed by atoms with Crippen molar-refractivity contribution in [3.63, 3.8) is 0 Å². The van der Waals surface area contributed by atoms with E-state index in [0.717, 1.165) is 5.54 Å². The van der Waals surface area contributed by atoms with E-state index in [4.69, 9.17) is 0 Å². The van der Waals surface area contributed by atoms with Gasteiger partial charge in [0, 0.05) is 0 Å². The van der Waals surface area contributed by atoms with E-state index in [-0.39, 0.29) is 9.52 Å². The van der Waals surface area contributed by atoms with E-state index in [1.54, 1.807) is 10.8 Å². The molecular formula is C13H16Si. The first kappa shape index (κ1) is 9.47. The van der Waals surface area contributed by atoms with Gasteiger partial charge in [0.2, 0.25) is 0 Å². The van der Waals surface area contributed by atoms with Gasteiger partial charge < -0.3 is 0 Å². The summed E-state index contributed by atoms with van der Waals surface area (Å²) in [6, 6.07) is 10.9. The standard InChI is InChI=1S/C13H16Si/c1-2-11-7-6-10-13(11)14-12-8-4-3-5-9-12/h3-10,13H,2,14H2,1H3. The van der Waals surface area contributed by atoms with Gasteiger partial charge in [-0.15, -0.1) is 0 Å². The van der Waals surface area contributed by atoms with Crippen molar-refractivity contribution in [1.82, 2.24) is 0 Å². The van der Waals surface area contributed by atoms with Crippen molar-refractivity contribution in [2.45, 2.75) is 18.9 Å². The van der Waals surface area contributed by atoms with E-state index < -0.39 is 0 Å². The summed E-state index contributed by atoms with van der Waals surface area (Å²) in [6.07, 6.45) is 8.09. The molecule has 1 unspecified atom stereocenters. The van der Waals surface area contributed by atoms with Crippen LogP contribution in [0.15, 0.2) is 54.1 Å². The third-order valence-corrected chi connectivity index (χ3v) is 5.02. The smallest absolute Gasteiger partial charge is 0.0667 e. The molecule has 0 heterocycles. The number of allylic oxidation sites excluding steroid dienone is 4. The largest absolute Gasteiger partial charge is 0.0803 e. The SMILES string of the molecule is CCC1=CC=CC1[SiH2]c1ccccc1. The summed E-state index contributed by atoms with van der Waals surface area (Å²) >= 11 is 0. The van der Waals surface area contributed by atoms with Gasteiger partial charge in [-0.2, -0.15) is 0 Å². The number of hydrogen-bond donors (Lipinski definition) is 0. The first-order chi connectivity index (χ1) is 6.90. The average molecular weight is 200 g/mol. The zero-order valence-electron chi connectivity index (χ0n) is 8.61. The summed E-state index contributed by atoms with van der Waals surface area (Å²) in [5.74, 6) is 0. The molecule has 14 heavy (non-hydrogen) atoms. The maximum atomic E-state index is 2.37. The zero-order chi connectivity index (χ0) is 9.80. The van der Waals surface area contributed by atoms with Crippen LogP contribution in [0.2, 0.25) is 5.54 Å². The minimum Gasteiger partial charge on any atom is -0.0803 e. The predicted molar refractivity (Wildman–Crippen MR) is 65.9 cm³/mol. The molecule has 1 aliphatic carbocycles. The summed E-state index contributed by atoms with van der Waals surface area (Å²) in [6.45, 7) is 2.26. The lowest BCUT2D eigenvalue weighted by atomic mass is 10.2. The fourth-order valence-corrected chi connectivity index (χ4v) is 4.04. The Balaban J connectivity index is 2.06. The van der Waals surface area contributed by atoms with Crippen molar-refractivity contribution in [2.24, 2.45) is 0 Å². The fourth-order valence-electron chi connectivity index (χ4n) is 2.01. The lowest BCUT2D eigenvalue weighted by molar-refractivity contribution is 1.04. The summed E-state index contributed by atoms with van der Waals surface area (Å²) in [5, 5.41) is 1.57. The van der Waals surface area contributed by atoms with Crippen molar-refractivity contribution < 1.29 is 0 Å². The van der Waals surface area contributed by atoms with Gasteiger partial charge in [-0.1, -0.05) is 66.2 Å². The minimum atomic E-state index is -0.148. The maximum Gasteiger partial charge on any atom is 0.0667 e. The molecular weight excluding hydrogens is 184 g/mol. The van der Waals surface area contributed by atoms with Crippen LogP contribution in [0.25, 0.3) is 0 Å². The Hall–Kier alpha value is -1.08. The Morgan fingerprint density at radius 3 is 2.71 bits per heavy atom. The third kappa shape index (κ3) is 2.04. The van der Waals surface area contributed by atoms with Gasteiger partial charge in [0.1, 0.15) is 0 Å². The second kappa shape index (κ2) is 4.42. The van der Waals surface area contributed by atoms with Crippen LogP contribution in [-0.4, -0.2) is 9.52 Å². The van der Waals surface area contributed by atoms with E-state index in [2.05, 4.69) is 55.5 Å². The Bertz CT molecular complexity index is 349. The summed E-state index contributed by atoms with van der Waals surface area (Å²) in [4.78, 5) is 0. The highest BCUT2D eigenvalue weighted by atomic mass is 28.2. The van der Waals surface area contributed by atoms with Gasteiger partial charge in [-0.3, -0.25) is 0 Å². The van der Waals surface area contributed by atoms with E-state index in [1.807, 2.05) is 0 Å². The van der Waals surface area contributed by atoms with Gasteiger partial charge in [0.25, 0.3) is 0 Å². The second-order valence-corrected chi connectivity index (χ2v) is 5.88. The molecule has 1 aliphatic rings. The fraction of sp³-hybridized carbons (Fsp3) is 0.231. The topological polar surface area (TPSA) is 0 Å². The zero-order valence-corrected chi connectivity index (χ0v) is 10.0. The minimum absolute atomic E-state index is 0.148. The van der Waals surface area contributed by atoms with Crippen LogP contribution in [0, 0.1) is 0 Å². The molecule has 0 saturated heterocycles. The van der Waals surface area contributed by atoms with Crippen LogP contribution < -0.4 is 5.19 Å². The highest BCUT2D eigenvalue weighted by Gasteiger charge is 2.13. The van der Waals surface area contributed by atoms with E-state index in [1.165, 1.54) is 6.42 Å². The van der Waals surface area contributed by atoms with Crippen molar-refractivity contribution in [3.05, 3.63) is 54.1 Å². The van der Waals surface area contributed by atoms with Gasteiger partial charge >= 0.3 is 0 Å². The van der Waals surface area contributed by atoms with Gasteiger partial charge in [0.05, 0.1) is 9.52 Å². The molecule has 1 heteroatoms. The molecule has 0 N–H and O–H groups in total. The molecule has 0 aliphatic heterocycles. The van der Waals surface area contributed by atoms with Crippen LogP contribution in [-0.2, 0) is 0 Å². The van der Waals surface area contributed by atoms with Crippen LogP contribution in [0.3, 0.4) is 0 Å². The van der Waals surface area contributed by atoms with Crippen molar-refractivity contribution in [1.29, 1.82) is 0 Å². The molecule has 1 aromatic carbocycles. The van der Waals surface area contributed by atoms with Crippen LogP contribution in [0.1, 0.15) is 13.3 Å². The highest BCUT2D eigenvalue weighted by molar-refractivity contribution is 6.56. The van der Waals surface area contributed by atoms with Crippen LogP contribution in [0.5, 0.6) is 0 Å². The Morgan fingerprint density at radius 1 is 1.21 bits per heavy atom. The number of rotatable bonds is 3. The Morgan fingerprint density at radius 2 is 2.00 bits per heavy atom. The van der Waals surface area contributed by atoms with Crippen molar-refractivity contribution in [3.8, 4) is 0 Å². The number of hydrogen-bond acceptors (Lipinski definition) is 0.